The molecular formula is C14H27N3O3Si. The zero-order valence-electron chi connectivity index (χ0n) is 14.0. The van der Waals surface area contributed by atoms with Crippen molar-refractivity contribution in [1.82, 2.24) is 0 Å². The van der Waals surface area contributed by atoms with Crippen LogP contribution < -0.4 is 0 Å². The van der Waals surface area contributed by atoms with Crippen LogP contribution in [0.1, 0.15) is 60.8 Å². The molecule has 0 aromatic carbocycles. The maximum Gasteiger partial charge on any atom is 0.791 e. The zero-order chi connectivity index (χ0) is 16.3. The Labute approximate surface area is 128 Å². The number of rotatable bonds is 10. The number of nitrogens with zero attached hydrogens (tertiary/aromatic N) is 3. The third-order valence-electron chi connectivity index (χ3n) is 2.77. The molecule has 0 aromatic heterocycles. The van der Waals surface area contributed by atoms with Gasteiger partial charge in [0.1, 0.15) is 0 Å². The minimum Gasteiger partial charge on any atom is -0.370 e. The topological polar surface area (TPSA) is 64.8 Å². The molecule has 0 fully saturated rings. The van der Waals surface area contributed by atoms with E-state index in [1.54, 1.807) is 0 Å². The highest BCUT2D eigenvalue weighted by atomic mass is 28.4. The van der Waals surface area contributed by atoms with E-state index in [0.29, 0.717) is 0 Å². The van der Waals surface area contributed by atoms with Crippen molar-refractivity contribution in [1.29, 1.82) is 0 Å². The fourth-order valence-electron chi connectivity index (χ4n) is 0.780. The third-order valence-corrected chi connectivity index (χ3v) is 4.31. The number of oxime groups is 3. The van der Waals surface area contributed by atoms with E-state index in [2.05, 4.69) is 22.0 Å². The quantitative estimate of drug-likeness (QED) is 0.347. The van der Waals surface area contributed by atoms with E-state index in [4.69, 9.17) is 13.6 Å². The lowest BCUT2D eigenvalue weighted by Gasteiger charge is -2.19. The molecule has 21 heavy (non-hydrogen) atoms. The maximum atomic E-state index is 5.47. The van der Waals surface area contributed by atoms with Gasteiger partial charge >= 0.3 is 8.80 Å². The molecule has 0 aliphatic rings. The summed E-state index contributed by atoms with van der Waals surface area (Å²) in [7, 11) is -3.31. The van der Waals surface area contributed by atoms with Gasteiger partial charge in [0.2, 0.25) is 0 Å². The van der Waals surface area contributed by atoms with E-state index in [1.807, 2.05) is 41.5 Å². The molecular weight excluding hydrogens is 286 g/mol. The summed E-state index contributed by atoms with van der Waals surface area (Å²) >= 11 is 0. The third kappa shape index (κ3) is 7.65. The largest absolute Gasteiger partial charge is 0.791 e. The number of hydrogen-bond acceptors (Lipinski definition) is 6. The van der Waals surface area contributed by atoms with Gasteiger partial charge in [0.25, 0.3) is 0 Å². The Morgan fingerprint density at radius 3 is 1.29 bits per heavy atom. The molecule has 0 saturated carbocycles. The molecule has 0 radical (unpaired) electrons. The Balaban J connectivity index is 5.22. The van der Waals surface area contributed by atoms with Gasteiger partial charge in [-0.1, -0.05) is 27.4 Å². The monoisotopic (exact) mass is 313 g/mol. The second-order valence-electron chi connectivity index (χ2n) is 4.62. The van der Waals surface area contributed by atoms with Gasteiger partial charge in [0.15, 0.2) is 0 Å². The first-order valence-electron chi connectivity index (χ1n) is 7.21. The van der Waals surface area contributed by atoms with Crippen LogP contribution in [0.25, 0.3) is 0 Å². The van der Waals surface area contributed by atoms with Crippen LogP contribution in [0.15, 0.2) is 27.7 Å². The fourth-order valence-corrected chi connectivity index (χ4v) is 1.95. The van der Waals surface area contributed by atoms with Crippen molar-refractivity contribution in [2.24, 2.45) is 15.5 Å². The Morgan fingerprint density at radius 2 is 1.10 bits per heavy atom. The summed E-state index contributed by atoms with van der Waals surface area (Å²) in [6.45, 7) is 15.3. The molecule has 0 heterocycles. The Morgan fingerprint density at radius 1 is 0.810 bits per heavy atom. The average Bonchev–Trinajstić information content (AvgIpc) is 2.53. The van der Waals surface area contributed by atoms with E-state index >= 15 is 0 Å². The first kappa shape index (κ1) is 19.4. The zero-order valence-corrected chi connectivity index (χ0v) is 15.0. The highest BCUT2D eigenvalue weighted by Crippen LogP contribution is 2.14. The van der Waals surface area contributed by atoms with Gasteiger partial charge in [-0.3, -0.25) is 0 Å². The van der Waals surface area contributed by atoms with E-state index < -0.39 is 8.80 Å². The SMILES string of the molecule is C=C[Si](ON=C(C)CC)(O/N=C(\C)CC)O/N=C(\C)CC. The predicted octanol–water partition coefficient (Wildman–Crippen LogP) is 4.06. The lowest BCUT2D eigenvalue weighted by atomic mass is 10.3. The molecule has 0 saturated heterocycles. The molecule has 0 atom stereocenters. The van der Waals surface area contributed by atoms with Crippen LogP contribution in [0, 0.1) is 0 Å². The van der Waals surface area contributed by atoms with Gasteiger partial charge in [-0.25, -0.2) is 0 Å². The summed E-state index contributed by atoms with van der Waals surface area (Å²) < 4.78 is 16.4. The van der Waals surface area contributed by atoms with Crippen LogP contribution in [0.5, 0.6) is 0 Å². The van der Waals surface area contributed by atoms with E-state index in [-0.39, 0.29) is 0 Å². The van der Waals surface area contributed by atoms with Crippen LogP contribution in [0.4, 0.5) is 0 Å². The molecule has 0 aromatic rings. The predicted molar refractivity (Wildman–Crippen MR) is 89.4 cm³/mol. The molecule has 7 heteroatoms. The molecule has 0 aliphatic carbocycles. The molecule has 0 amide bonds. The van der Waals surface area contributed by atoms with Gasteiger partial charge in [-0.15, -0.1) is 15.5 Å². The molecule has 0 spiro atoms. The highest BCUT2D eigenvalue weighted by molar-refractivity contribution is 6.66. The summed E-state index contributed by atoms with van der Waals surface area (Å²) in [6.07, 6.45) is 2.32. The molecule has 120 valence electrons. The Bertz CT molecular complexity index is 365. The smallest absolute Gasteiger partial charge is 0.370 e. The molecule has 0 N–H and O–H groups in total. The van der Waals surface area contributed by atoms with Gasteiger partial charge in [-0.2, -0.15) is 0 Å². The minimum atomic E-state index is -3.31. The first-order chi connectivity index (χ1) is 9.92. The second-order valence-corrected chi connectivity index (χ2v) is 6.78. The van der Waals surface area contributed by atoms with Gasteiger partial charge < -0.3 is 13.6 Å². The standard InChI is InChI=1S/C14H27N3O3Si/c1-8-12(5)15-18-21(11-4,19-16-13(6)9-2)20-17-14(7)10-3/h11H,4,8-10H2,1-3,5-7H3/b15-12+,16-13+,17-14?. The lowest BCUT2D eigenvalue weighted by Crippen LogP contribution is -2.40. The molecule has 0 rings (SSSR count). The summed E-state index contributed by atoms with van der Waals surface area (Å²) in [4.78, 5) is 0. The maximum absolute atomic E-state index is 5.47. The van der Waals surface area contributed by atoms with Crippen molar-refractivity contribution in [2.45, 2.75) is 60.8 Å². The number of hydrogen-bond donors (Lipinski definition) is 0. The summed E-state index contributed by atoms with van der Waals surface area (Å²) in [5.41, 5.74) is 3.95. The molecule has 0 unspecified atom stereocenters. The van der Waals surface area contributed by atoms with Crippen LogP contribution in [0.2, 0.25) is 0 Å². The van der Waals surface area contributed by atoms with Gasteiger partial charge in [-0.05, 0) is 40.0 Å². The Hall–Kier alpha value is -1.63. The van der Waals surface area contributed by atoms with E-state index in [1.165, 1.54) is 5.70 Å². The second kappa shape index (κ2) is 10.1. The molecule has 0 aliphatic heterocycles. The van der Waals surface area contributed by atoms with Crippen molar-refractivity contribution in [3.63, 3.8) is 0 Å². The Kier molecular flexibility index (Phi) is 9.36. The minimum absolute atomic E-state index is 0.774. The normalized spacial score (nSPS) is 13.9. The van der Waals surface area contributed by atoms with E-state index in [0.717, 1.165) is 36.4 Å². The first-order valence-corrected chi connectivity index (χ1v) is 9.01. The molecule has 0 bridgehead atoms. The summed E-state index contributed by atoms with van der Waals surface area (Å²) in [5.74, 6) is 0. The summed E-state index contributed by atoms with van der Waals surface area (Å²) in [6, 6.07) is 0. The lowest BCUT2D eigenvalue weighted by molar-refractivity contribution is 0.0785. The van der Waals surface area contributed by atoms with Crippen LogP contribution in [0.3, 0.4) is 0 Å². The van der Waals surface area contributed by atoms with Gasteiger partial charge in [0.05, 0.1) is 17.1 Å². The van der Waals surface area contributed by atoms with Crippen molar-refractivity contribution < 1.29 is 13.6 Å². The fraction of sp³-hybridized carbons (Fsp3) is 0.643. The van der Waals surface area contributed by atoms with Crippen molar-refractivity contribution in [3.8, 4) is 0 Å². The van der Waals surface area contributed by atoms with Crippen molar-refractivity contribution >= 4 is 25.9 Å². The highest BCUT2D eigenvalue weighted by Gasteiger charge is 2.48. The average molecular weight is 313 g/mol. The van der Waals surface area contributed by atoms with Gasteiger partial charge in [0, 0.05) is 5.70 Å². The van der Waals surface area contributed by atoms with Crippen LogP contribution >= 0.6 is 0 Å². The molecule has 6 nitrogen and oxygen atoms in total. The van der Waals surface area contributed by atoms with Crippen molar-refractivity contribution in [2.75, 3.05) is 0 Å². The van der Waals surface area contributed by atoms with Crippen molar-refractivity contribution in [3.05, 3.63) is 12.3 Å². The summed E-state index contributed by atoms with van der Waals surface area (Å²) in [5, 5.41) is 12.0. The van der Waals surface area contributed by atoms with Crippen LogP contribution in [-0.4, -0.2) is 25.9 Å². The van der Waals surface area contributed by atoms with Crippen LogP contribution in [-0.2, 0) is 13.6 Å². The van der Waals surface area contributed by atoms with E-state index in [9.17, 15) is 0 Å².